The van der Waals surface area contributed by atoms with E-state index in [4.69, 9.17) is 22.1 Å². The lowest BCUT2D eigenvalue weighted by Gasteiger charge is -2.33. The zero-order chi connectivity index (χ0) is 24.2. The molecule has 3 heterocycles. The topological polar surface area (TPSA) is 119 Å². The van der Waals surface area contributed by atoms with Gasteiger partial charge < -0.3 is 19.9 Å². The molecule has 1 atom stereocenters. The molecule has 0 aliphatic carbocycles. The molecule has 1 aromatic carbocycles. The maximum absolute atomic E-state index is 13.5. The molecule has 0 amide bonds. The van der Waals surface area contributed by atoms with Crippen LogP contribution < -0.4 is 20.9 Å². The van der Waals surface area contributed by atoms with Crippen molar-refractivity contribution in [2.75, 3.05) is 25.1 Å². The van der Waals surface area contributed by atoms with Crippen molar-refractivity contribution in [2.24, 2.45) is 5.73 Å². The van der Waals surface area contributed by atoms with Crippen LogP contribution in [0.15, 0.2) is 47.0 Å². The second kappa shape index (κ2) is 10.1. The molecule has 3 aromatic rings. The minimum atomic E-state index is -0.409. The number of carbonyl (C=O) groups is 1. The van der Waals surface area contributed by atoms with Crippen molar-refractivity contribution in [1.29, 1.82) is 5.26 Å². The highest BCUT2D eigenvalue weighted by atomic mass is 35.5. The Bertz CT molecular complexity index is 1350. The van der Waals surface area contributed by atoms with E-state index in [1.165, 1.54) is 23.5 Å². The van der Waals surface area contributed by atoms with E-state index in [9.17, 15) is 14.9 Å². The Morgan fingerprint density at radius 2 is 2.26 bits per heavy atom. The maximum atomic E-state index is 13.5. The van der Waals surface area contributed by atoms with Crippen molar-refractivity contribution in [2.45, 2.75) is 32.0 Å². The molecular formula is C24H25ClN6O3. The second-order valence-corrected chi connectivity index (χ2v) is 8.41. The van der Waals surface area contributed by atoms with E-state index in [1.54, 1.807) is 34.9 Å². The molecule has 2 aromatic heterocycles. The van der Waals surface area contributed by atoms with Gasteiger partial charge in [0, 0.05) is 36.8 Å². The van der Waals surface area contributed by atoms with Crippen LogP contribution in [0.4, 0.5) is 5.82 Å². The predicted octanol–water partition coefficient (Wildman–Crippen LogP) is 2.64. The number of aromatic nitrogens is 3. The van der Waals surface area contributed by atoms with Crippen LogP contribution in [0.1, 0.15) is 28.8 Å². The summed E-state index contributed by atoms with van der Waals surface area (Å²) in [5.41, 5.74) is 8.43. The van der Waals surface area contributed by atoms with Crippen molar-refractivity contribution in [3.63, 3.8) is 0 Å². The minimum Gasteiger partial charge on any atom is -0.497 e. The molecule has 2 N–H and O–H groups in total. The third kappa shape index (κ3) is 4.42. The highest BCUT2D eigenvalue weighted by Gasteiger charge is 2.28. The summed E-state index contributed by atoms with van der Waals surface area (Å²) in [5.74, 6) is 0.893. The number of carbonyl (C=O) groups excluding carboxylic acids is 1. The first kappa shape index (κ1) is 23.5. The maximum Gasteiger partial charge on any atom is 0.278 e. The zero-order valence-corrected chi connectivity index (χ0v) is 19.5. The number of hydrogen-bond donors (Lipinski definition) is 1. The van der Waals surface area contributed by atoms with Crippen LogP contribution in [0.5, 0.6) is 5.75 Å². The lowest BCUT2D eigenvalue weighted by Crippen LogP contribution is -2.44. The van der Waals surface area contributed by atoms with Crippen molar-refractivity contribution in [1.82, 2.24) is 14.1 Å². The number of allylic oxidation sites excluding steroid dienone is 1. The first-order valence-corrected chi connectivity index (χ1v) is 11.4. The van der Waals surface area contributed by atoms with E-state index in [1.807, 2.05) is 4.90 Å². The molecule has 1 aliphatic rings. The average molecular weight is 481 g/mol. The number of nitrogens with two attached hydrogens (primary N) is 1. The molecule has 176 valence electrons. The van der Waals surface area contributed by atoms with E-state index < -0.39 is 5.56 Å². The molecule has 9 nitrogen and oxygen atoms in total. The number of ether oxygens (including phenoxy) is 1. The smallest absolute Gasteiger partial charge is 0.278 e. The fourth-order valence-corrected chi connectivity index (χ4v) is 4.44. The number of halogens is 1. The number of nitrogens with zero attached hydrogens (tertiary/aromatic N) is 5. The molecule has 0 radical (unpaired) electrons. The van der Waals surface area contributed by atoms with Crippen LogP contribution in [0.3, 0.4) is 0 Å². The van der Waals surface area contributed by atoms with Crippen molar-refractivity contribution >= 4 is 34.2 Å². The van der Waals surface area contributed by atoms with Gasteiger partial charge in [0.1, 0.15) is 34.2 Å². The summed E-state index contributed by atoms with van der Waals surface area (Å²) in [6.45, 7) is 1.36. The predicted molar refractivity (Wildman–Crippen MR) is 130 cm³/mol. The monoisotopic (exact) mass is 480 g/mol. The van der Waals surface area contributed by atoms with Gasteiger partial charge in [-0.15, -0.1) is 0 Å². The quantitative estimate of drug-likeness (QED) is 0.516. The summed E-state index contributed by atoms with van der Waals surface area (Å²) in [6.07, 6.45) is 4.79. The fraction of sp³-hybridized carbons (Fsp3) is 0.333. The Balaban J connectivity index is 1.83. The summed E-state index contributed by atoms with van der Waals surface area (Å²) in [4.78, 5) is 32.9. The molecule has 0 unspecified atom stereocenters. The third-order valence-corrected chi connectivity index (χ3v) is 6.13. The Kier molecular flexibility index (Phi) is 7.01. The average Bonchev–Trinajstić information content (AvgIpc) is 3.18. The van der Waals surface area contributed by atoms with Crippen LogP contribution in [0.25, 0.3) is 11.0 Å². The van der Waals surface area contributed by atoms with Gasteiger partial charge in [-0.1, -0.05) is 29.8 Å². The fourth-order valence-electron chi connectivity index (χ4n) is 4.36. The summed E-state index contributed by atoms with van der Waals surface area (Å²) in [6, 6.07) is 8.94. The van der Waals surface area contributed by atoms with Gasteiger partial charge in [-0.05, 0) is 25.0 Å². The molecular weight excluding hydrogens is 456 g/mol. The van der Waals surface area contributed by atoms with E-state index in [0.29, 0.717) is 41.3 Å². The van der Waals surface area contributed by atoms with Gasteiger partial charge in [-0.25, -0.2) is 4.98 Å². The number of piperidine rings is 1. The van der Waals surface area contributed by atoms with E-state index in [-0.39, 0.29) is 30.4 Å². The van der Waals surface area contributed by atoms with Gasteiger partial charge >= 0.3 is 0 Å². The van der Waals surface area contributed by atoms with Gasteiger partial charge in [-0.2, -0.15) is 5.26 Å². The number of fused-ring (bicyclic) bond motifs is 1. The molecule has 0 bridgehead atoms. The Morgan fingerprint density at radius 1 is 1.44 bits per heavy atom. The number of Topliss-reactive ketones (excluding diaryl/α,β-unsaturated/α-hetero) is 1. The summed E-state index contributed by atoms with van der Waals surface area (Å²) >= 11 is 5.79. The molecule has 34 heavy (non-hydrogen) atoms. The van der Waals surface area contributed by atoms with E-state index in [2.05, 4.69) is 11.1 Å². The normalized spacial score (nSPS) is 16.2. The van der Waals surface area contributed by atoms with Crippen LogP contribution in [-0.2, 0) is 13.1 Å². The minimum absolute atomic E-state index is 0.0274. The number of ketones is 1. The summed E-state index contributed by atoms with van der Waals surface area (Å²) in [5, 5.41) is 9.98. The number of hydrogen-bond acceptors (Lipinski definition) is 7. The van der Waals surface area contributed by atoms with E-state index in [0.717, 1.165) is 12.8 Å². The van der Waals surface area contributed by atoms with Gasteiger partial charge in [-0.3, -0.25) is 14.2 Å². The van der Waals surface area contributed by atoms with Crippen LogP contribution >= 0.6 is 11.6 Å². The van der Waals surface area contributed by atoms with Crippen molar-refractivity contribution in [3.05, 3.63) is 63.7 Å². The molecule has 0 saturated carbocycles. The largest absolute Gasteiger partial charge is 0.497 e. The molecule has 0 spiro atoms. The standard InChI is InChI=1S/C24H25ClN6O3/c1-34-18-7-2-5-16(11-18)20(32)14-30-15-28-21-19(12-26)23(29-9-3-6-17(27)13-29)31(10-4-8-25)22(21)24(30)33/h2,4-5,7-8,11,15,17H,3,6,9-10,13-14,27H2,1H3/t17-/m0/s1. The second-order valence-electron chi connectivity index (χ2n) is 8.16. The molecule has 1 aliphatic heterocycles. The van der Waals surface area contributed by atoms with Crippen LogP contribution in [0, 0.1) is 11.3 Å². The Morgan fingerprint density at radius 3 is 2.97 bits per heavy atom. The number of rotatable bonds is 7. The molecule has 1 saturated heterocycles. The SMILES string of the molecule is COc1cccc(C(=O)Cn2cnc3c(C#N)c(N4CCC[C@H](N)C4)n(CC=CCl)c3c2=O)c1. The highest BCUT2D eigenvalue weighted by Crippen LogP contribution is 2.31. The van der Waals surface area contributed by atoms with Gasteiger partial charge in [0.2, 0.25) is 0 Å². The van der Waals surface area contributed by atoms with E-state index >= 15 is 0 Å². The van der Waals surface area contributed by atoms with Crippen molar-refractivity contribution < 1.29 is 9.53 Å². The number of benzene rings is 1. The molecule has 1 fully saturated rings. The van der Waals surface area contributed by atoms with Gasteiger partial charge in [0.05, 0.1) is 20.0 Å². The first-order valence-electron chi connectivity index (χ1n) is 10.9. The third-order valence-electron chi connectivity index (χ3n) is 5.95. The molecule has 10 heteroatoms. The number of methoxy groups -OCH3 is 1. The van der Waals surface area contributed by atoms with Gasteiger partial charge in [0.15, 0.2) is 5.78 Å². The van der Waals surface area contributed by atoms with Crippen LogP contribution in [0.2, 0.25) is 0 Å². The molecule has 4 rings (SSSR count). The first-order chi connectivity index (χ1) is 16.5. The summed E-state index contributed by atoms with van der Waals surface area (Å²) in [7, 11) is 1.52. The summed E-state index contributed by atoms with van der Waals surface area (Å²) < 4.78 is 8.19. The Labute approximate surface area is 201 Å². The lowest BCUT2D eigenvalue weighted by molar-refractivity contribution is 0.0970. The van der Waals surface area contributed by atoms with Crippen LogP contribution in [-0.4, -0.2) is 46.1 Å². The highest BCUT2D eigenvalue weighted by molar-refractivity contribution is 6.25. The van der Waals surface area contributed by atoms with Crippen molar-refractivity contribution in [3.8, 4) is 11.8 Å². The Hall–Kier alpha value is -3.61. The zero-order valence-electron chi connectivity index (χ0n) is 18.8. The number of nitriles is 1. The number of anilines is 1. The van der Waals surface area contributed by atoms with Gasteiger partial charge in [0.25, 0.3) is 5.56 Å². The lowest BCUT2D eigenvalue weighted by atomic mass is 10.1.